The average Bonchev–Trinajstić information content (AvgIpc) is 2.46. The molecule has 0 aliphatic carbocycles. The summed E-state index contributed by atoms with van der Waals surface area (Å²) in [5, 5.41) is 3.31. The van der Waals surface area contributed by atoms with Crippen molar-refractivity contribution in [2.75, 3.05) is 25.1 Å². The lowest BCUT2D eigenvalue weighted by Crippen LogP contribution is -2.11. The Labute approximate surface area is 128 Å². The minimum absolute atomic E-state index is 0.612. The van der Waals surface area contributed by atoms with E-state index in [4.69, 9.17) is 9.47 Å². The van der Waals surface area contributed by atoms with E-state index < -0.39 is 0 Å². The number of nitrogens with one attached hydrogen (secondary N) is 1. The maximum Gasteiger partial charge on any atom is 0.119 e. The van der Waals surface area contributed by atoms with E-state index in [9.17, 15) is 0 Å². The Morgan fingerprint density at radius 2 is 1.70 bits per heavy atom. The first-order chi connectivity index (χ1) is 9.78. The third-order valence-corrected chi connectivity index (χ3v) is 3.15. The van der Waals surface area contributed by atoms with Gasteiger partial charge in [-0.2, -0.15) is 0 Å². The van der Waals surface area contributed by atoms with Gasteiger partial charge in [-0.25, -0.2) is 0 Å². The molecule has 0 heterocycles. The number of hydrogen-bond acceptors (Lipinski definition) is 3. The third kappa shape index (κ3) is 4.78. The van der Waals surface area contributed by atoms with E-state index in [2.05, 4.69) is 21.2 Å². The molecule has 2 aromatic rings. The van der Waals surface area contributed by atoms with Gasteiger partial charge in [0.05, 0.1) is 6.61 Å². The molecule has 0 saturated carbocycles. The molecule has 1 N–H and O–H groups in total. The molecule has 0 spiro atoms. The first-order valence-corrected chi connectivity index (χ1v) is 7.42. The molecule has 0 unspecified atom stereocenters. The highest BCUT2D eigenvalue weighted by molar-refractivity contribution is 9.10. The zero-order valence-corrected chi connectivity index (χ0v) is 13.0. The lowest BCUT2D eigenvalue weighted by molar-refractivity contribution is 0.326. The SMILES string of the molecule is CCOc1ccc(OCCNc2cccc(Br)c2)cc1. The lowest BCUT2D eigenvalue weighted by atomic mass is 10.3. The van der Waals surface area contributed by atoms with Gasteiger partial charge >= 0.3 is 0 Å². The summed E-state index contributed by atoms with van der Waals surface area (Å²) in [4.78, 5) is 0. The fraction of sp³-hybridized carbons (Fsp3) is 0.250. The van der Waals surface area contributed by atoms with Gasteiger partial charge in [-0.1, -0.05) is 22.0 Å². The van der Waals surface area contributed by atoms with Gasteiger partial charge in [-0.3, -0.25) is 0 Å². The monoisotopic (exact) mass is 335 g/mol. The summed E-state index contributed by atoms with van der Waals surface area (Å²) in [5.41, 5.74) is 1.08. The zero-order chi connectivity index (χ0) is 14.2. The van der Waals surface area contributed by atoms with Crippen LogP contribution < -0.4 is 14.8 Å². The molecule has 2 rings (SSSR count). The first kappa shape index (κ1) is 14.7. The van der Waals surface area contributed by atoms with E-state index in [1.54, 1.807) is 0 Å². The van der Waals surface area contributed by atoms with Crippen LogP contribution in [-0.4, -0.2) is 19.8 Å². The van der Waals surface area contributed by atoms with E-state index in [0.29, 0.717) is 13.2 Å². The highest BCUT2D eigenvalue weighted by atomic mass is 79.9. The summed E-state index contributed by atoms with van der Waals surface area (Å²) in [5.74, 6) is 1.72. The molecule has 0 amide bonds. The Hall–Kier alpha value is -1.68. The normalized spacial score (nSPS) is 10.1. The first-order valence-electron chi connectivity index (χ1n) is 6.63. The Morgan fingerprint density at radius 1 is 1.00 bits per heavy atom. The van der Waals surface area contributed by atoms with Crippen LogP contribution >= 0.6 is 15.9 Å². The molecular formula is C16H18BrNO2. The summed E-state index contributed by atoms with van der Waals surface area (Å²) in [7, 11) is 0. The number of halogens is 1. The van der Waals surface area contributed by atoms with Crippen molar-refractivity contribution in [2.45, 2.75) is 6.92 Å². The number of hydrogen-bond donors (Lipinski definition) is 1. The number of ether oxygens (including phenoxy) is 2. The Balaban J connectivity index is 1.73. The topological polar surface area (TPSA) is 30.5 Å². The minimum Gasteiger partial charge on any atom is -0.494 e. The van der Waals surface area contributed by atoms with Gasteiger partial charge in [-0.15, -0.1) is 0 Å². The number of anilines is 1. The van der Waals surface area contributed by atoms with Crippen molar-refractivity contribution in [1.82, 2.24) is 0 Å². The summed E-state index contributed by atoms with van der Waals surface area (Å²) >= 11 is 3.44. The molecule has 0 aromatic heterocycles. The summed E-state index contributed by atoms with van der Waals surface area (Å²) in [6.45, 7) is 4.01. The standard InChI is InChI=1S/C16H18BrNO2/c1-2-19-15-6-8-16(9-7-15)20-11-10-18-14-5-3-4-13(17)12-14/h3-9,12,18H,2,10-11H2,1H3. The van der Waals surface area contributed by atoms with Crippen LogP contribution in [0.2, 0.25) is 0 Å². The van der Waals surface area contributed by atoms with Crippen molar-refractivity contribution in [2.24, 2.45) is 0 Å². The molecule has 0 fully saturated rings. The molecule has 106 valence electrons. The van der Waals surface area contributed by atoms with E-state index in [1.165, 1.54) is 0 Å². The predicted molar refractivity (Wildman–Crippen MR) is 85.7 cm³/mol. The van der Waals surface area contributed by atoms with E-state index in [0.717, 1.165) is 28.2 Å². The van der Waals surface area contributed by atoms with Crippen LogP contribution in [0.1, 0.15) is 6.92 Å². The zero-order valence-electron chi connectivity index (χ0n) is 11.4. The van der Waals surface area contributed by atoms with Gasteiger partial charge in [0.1, 0.15) is 18.1 Å². The maximum atomic E-state index is 5.66. The van der Waals surface area contributed by atoms with E-state index >= 15 is 0 Å². The molecule has 0 saturated heterocycles. The van der Waals surface area contributed by atoms with Crippen LogP contribution in [0.5, 0.6) is 11.5 Å². The van der Waals surface area contributed by atoms with E-state index in [1.807, 2.05) is 55.5 Å². The van der Waals surface area contributed by atoms with Gasteiger partial charge < -0.3 is 14.8 Å². The maximum absolute atomic E-state index is 5.66. The Kier molecular flexibility index (Phi) is 5.74. The summed E-state index contributed by atoms with van der Waals surface area (Å²) < 4.78 is 12.1. The Bertz CT molecular complexity index is 528. The van der Waals surface area contributed by atoms with Crippen LogP contribution in [0.3, 0.4) is 0 Å². The van der Waals surface area contributed by atoms with Gasteiger partial charge in [0.25, 0.3) is 0 Å². The summed E-state index contributed by atoms with van der Waals surface area (Å²) in [6, 6.07) is 15.7. The molecule has 3 nitrogen and oxygen atoms in total. The number of benzene rings is 2. The van der Waals surface area contributed by atoms with Crippen LogP contribution in [0.4, 0.5) is 5.69 Å². The molecule has 0 bridgehead atoms. The largest absolute Gasteiger partial charge is 0.494 e. The van der Waals surface area contributed by atoms with Crippen molar-refractivity contribution in [3.63, 3.8) is 0 Å². The van der Waals surface area contributed by atoms with Crippen molar-refractivity contribution in [3.8, 4) is 11.5 Å². The van der Waals surface area contributed by atoms with Crippen molar-refractivity contribution < 1.29 is 9.47 Å². The minimum atomic E-state index is 0.612. The molecular weight excluding hydrogens is 318 g/mol. The molecule has 0 aliphatic rings. The van der Waals surface area contributed by atoms with Crippen molar-refractivity contribution in [3.05, 3.63) is 53.0 Å². The second-order valence-electron chi connectivity index (χ2n) is 4.19. The van der Waals surface area contributed by atoms with Crippen LogP contribution in [0.25, 0.3) is 0 Å². The fourth-order valence-electron chi connectivity index (χ4n) is 1.76. The Morgan fingerprint density at radius 3 is 2.35 bits per heavy atom. The lowest BCUT2D eigenvalue weighted by Gasteiger charge is -2.09. The molecule has 4 heteroatoms. The van der Waals surface area contributed by atoms with Gasteiger partial charge in [-0.05, 0) is 49.4 Å². The summed E-state index contributed by atoms with van der Waals surface area (Å²) in [6.07, 6.45) is 0. The second-order valence-corrected chi connectivity index (χ2v) is 5.11. The van der Waals surface area contributed by atoms with Gasteiger partial charge in [0.2, 0.25) is 0 Å². The number of rotatable bonds is 7. The molecule has 0 aliphatic heterocycles. The highest BCUT2D eigenvalue weighted by Crippen LogP contribution is 2.18. The third-order valence-electron chi connectivity index (χ3n) is 2.66. The molecule has 2 aromatic carbocycles. The smallest absolute Gasteiger partial charge is 0.119 e. The van der Waals surface area contributed by atoms with Crippen molar-refractivity contribution in [1.29, 1.82) is 0 Å². The van der Waals surface area contributed by atoms with Gasteiger partial charge in [0, 0.05) is 16.7 Å². The molecule has 20 heavy (non-hydrogen) atoms. The van der Waals surface area contributed by atoms with Crippen molar-refractivity contribution >= 4 is 21.6 Å². The predicted octanol–water partition coefficient (Wildman–Crippen LogP) is 4.34. The van der Waals surface area contributed by atoms with Crippen LogP contribution in [0, 0.1) is 0 Å². The van der Waals surface area contributed by atoms with Gasteiger partial charge in [0.15, 0.2) is 0 Å². The van der Waals surface area contributed by atoms with Crippen LogP contribution in [0.15, 0.2) is 53.0 Å². The quantitative estimate of drug-likeness (QED) is 0.763. The second kappa shape index (κ2) is 7.80. The van der Waals surface area contributed by atoms with Crippen LogP contribution in [-0.2, 0) is 0 Å². The average molecular weight is 336 g/mol. The molecule has 0 atom stereocenters. The highest BCUT2D eigenvalue weighted by Gasteiger charge is 1.96. The van der Waals surface area contributed by atoms with E-state index in [-0.39, 0.29) is 0 Å². The fourth-order valence-corrected chi connectivity index (χ4v) is 2.16. The molecule has 0 radical (unpaired) electrons.